The van der Waals surface area contributed by atoms with Crippen LogP contribution in [0.3, 0.4) is 0 Å². The minimum Gasteiger partial charge on any atom is -0.454 e. The maximum Gasteiger partial charge on any atom is 0.288 e. The Kier molecular flexibility index (Phi) is 6.50. The third-order valence-corrected chi connectivity index (χ3v) is 6.90. The van der Waals surface area contributed by atoms with Crippen LogP contribution in [0.15, 0.2) is 71.6 Å². The minimum absolute atomic E-state index is 0.0196. The third kappa shape index (κ3) is 5.07. The van der Waals surface area contributed by atoms with Crippen LogP contribution in [0.5, 0.6) is 11.5 Å². The zero-order valence-electron chi connectivity index (χ0n) is 17.7. The Labute approximate surface area is 202 Å². The molecule has 5 rings (SSSR count). The molecule has 1 aromatic heterocycles. The third-order valence-electron chi connectivity index (χ3n) is 5.12. The molecular formula is C24H19F2N3O3S2. The van der Waals surface area contributed by atoms with Gasteiger partial charge in [0, 0.05) is 17.1 Å². The maximum atomic E-state index is 12.9. The van der Waals surface area contributed by atoms with Crippen molar-refractivity contribution in [2.24, 2.45) is 0 Å². The summed E-state index contributed by atoms with van der Waals surface area (Å²) in [6, 6.07) is 19.9. The van der Waals surface area contributed by atoms with E-state index >= 15 is 0 Å². The van der Waals surface area contributed by atoms with Gasteiger partial charge in [0.1, 0.15) is 6.54 Å². The Morgan fingerprint density at radius 2 is 1.88 bits per heavy atom. The fourth-order valence-electron chi connectivity index (χ4n) is 3.50. The number of carbonyl (C=O) groups is 1. The van der Waals surface area contributed by atoms with E-state index in [4.69, 9.17) is 9.47 Å². The van der Waals surface area contributed by atoms with Crippen LogP contribution < -0.4 is 19.7 Å². The van der Waals surface area contributed by atoms with Crippen molar-refractivity contribution in [1.29, 1.82) is 0 Å². The average Bonchev–Trinajstić information content (AvgIpc) is 3.48. The number of aromatic nitrogens is 1. The molecule has 10 heteroatoms. The molecule has 1 aliphatic heterocycles. The van der Waals surface area contributed by atoms with E-state index < -0.39 is 5.76 Å². The van der Waals surface area contributed by atoms with Crippen molar-refractivity contribution < 1.29 is 23.0 Å². The van der Waals surface area contributed by atoms with E-state index in [1.165, 1.54) is 11.3 Å². The van der Waals surface area contributed by atoms with Gasteiger partial charge in [-0.25, -0.2) is 4.98 Å². The van der Waals surface area contributed by atoms with Gasteiger partial charge in [-0.15, -0.1) is 0 Å². The lowest BCUT2D eigenvalue weighted by atomic mass is 10.2. The summed E-state index contributed by atoms with van der Waals surface area (Å²) in [5, 5.41) is 3.57. The van der Waals surface area contributed by atoms with Crippen molar-refractivity contribution >= 4 is 50.0 Å². The summed E-state index contributed by atoms with van der Waals surface area (Å²) in [6.45, 7) is 0.537. The minimum atomic E-state index is -2.49. The molecule has 0 saturated heterocycles. The quantitative estimate of drug-likeness (QED) is 0.310. The number of benzene rings is 3. The van der Waals surface area contributed by atoms with Gasteiger partial charge in [-0.3, -0.25) is 4.79 Å². The van der Waals surface area contributed by atoms with Crippen molar-refractivity contribution in [1.82, 2.24) is 10.3 Å². The Hall–Kier alpha value is -3.37. The van der Waals surface area contributed by atoms with Crippen LogP contribution in [0.4, 0.5) is 19.6 Å². The number of anilines is 2. The van der Waals surface area contributed by atoms with E-state index in [1.807, 2.05) is 42.5 Å². The number of thiazole rings is 1. The molecule has 1 N–H and O–H groups in total. The number of nitrogens with zero attached hydrogens (tertiary/aromatic N) is 2. The molecule has 174 valence electrons. The van der Waals surface area contributed by atoms with E-state index in [0.717, 1.165) is 15.8 Å². The number of para-hydroxylation sites is 1. The summed E-state index contributed by atoms with van der Waals surface area (Å²) in [4.78, 5) is 19.8. The predicted molar refractivity (Wildman–Crippen MR) is 129 cm³/mol. The van der Waals surface area contributed by atoms with Gasteiger partial charge in [0.15, 0.2) is 16.6 Å². The molecule has 0 bridgehead atoms. The highest BCUT2D eigenvalue weighted by molar-refractivity contribution is 7.99. The van der Waals surface area contributed by atoms with Crippen LogP contribution in [0.2, 0.25) is 0 Å². The van der Waals surface area contributed by atoms with Crippen molar-refractivity contribution in [3.8, 4) is 11.5 Å². The van der Waals surface area contributed by atoms with Crippen molar-refractivity contribution in [2.45, 2.75) is 17.2 Å². The fraction of sp³-hybridized carbons (Fsp3) is 0.167. The van der Waals surface area contributed by atoms with Crippen LogP contribution in [-0.2, 0) is 11.3 Å². The average molecular weight is 500 g/mol. The Morgan fingerprint density at radius 1 is 1.09 bits per heavy atom. The molecule has 0 atom stereocenters. The van der Waals surface area contributed by atoms with E-state index in [1.54, 1.807) is 29.2 Å². The molecule has 0 unspecified atom stereocenters. The molecule has 6 nitrogen and oxygen atoms in total. The van der Waals surface area contributed by atoms with Crippen LogP contribution in [0, 0.1) is 0 Å². The number of alkyl halides is 2. The van der Waals surface area contributed by atoms with Crippen LogP contribution >= 0.6 is 23.1 Å². The second-order valence-corrected chi connectivity index (χ2v) is 9.46. The summed E-state index contributed by atoms with van der Waals surface area (Å²) in [5.41, 5.74) is 2.41. The molecule has 0 spiro atoms. The number of nitrogens with one attached hydrogen (secondary N) is 1. The highest BCUT2D eigenvalue weighted by Crippen LogP contribution is 2.35. The first-order chi connectivity index (χ1) is 16.5. The molecule has 3 aromatic carbocycles. The molecule has 0 aliphatic carbocycles. The molecule has 0 saturated carbocycles. The lowest BCUT2D eigenvalue weighted by Gasteiger charge is -2.22. The van der Waals surface area contributed by atoms with Gasteiger partial charge in [0.25, 0.3) is 5.76 Å². The number of hydrogen-bond acceptors (Lipinski definition) is 7. The number of ether oxygens (including phenoxy) is 2. The second kappa shape index (κ2) is 9.86. The SMILES string of the molecule is O=C(CN(c1ccc(SC(F)F)cc1)c1nc2ccccc2s1)NCc1ccc2c(c1)OCO2. The number of fused-ring (bicyclic) bond motifs is 2. The van der Waals surface area contributed by atoms with E-state index in [-0.39, 0.29) is 19.2 Å². The van der Waals surface area contributed by atoms with E-state index in [9.17, 15) is 13.6 Å². The summed E-state index contributed by atoms with van der Waals surface area (Å²) >= 11 is 1.95. The number of carbonyl (C=O) groups excluding carboxylic acids is 1. The smallest absolute Gasteiger partial charge is 0.288 e. The van der Waals surface area contributed by atoms with Gasteiger partial charge in [0.2, 0.25) is 12.7 Å². The lowest BCUT2D eigenvalue weighted by molar-refractivity contribution is -0.119. The molecule has 1 amide bonds. The van der Waals surface area contributed by atoms with Gasteiger partial charge in [-0.2, -0.15) is 8.78 Å². The fourth-order valence-corrected chi connectivity index (χ4v) is 4.99. The molecular weight excluding hydrogens is 480 g/mol. The van der Waals surface area contributed by atoms with Crippen LogP contribution in [0.1, 0.15) is 5.56 Å². The summed E-state index contributed by atoms with van der Waals surface area (Å²) in [7, 11) is 0. The normalized spacial score (nSPS) is 12.3. The predicted octanol–water partition coefficient (Wildman–Crippen LogP) is 5.79. The van der Waals surface area contributed by atoms with Gasteiger partial charge in [0.05, 0.1) is 10.2 Å². The number of halogens is 2. The lowest BCUT2D eigenvalue weighted by Crippen LogP contribution is -2.34. The largest absolute Gasteiger partial charge is 0.454 e. The summed E-state index contributed by atoms with van der Waals surface area (Å²) in [5.74, 6) is -1.36. The van der Waals surface area contributed by atoms with Crippen molar-refractivity contribution in [3.05, 3.63) is 72.3 Å². The topological polar surface area (TPSA) is 63.7 Å². The van der Waals surface area contributed by atoms with Crippen molar-refractivity contribution in [2.75, 3.05) is 18.2 Å². The number of thioether (sulfide) groups is 1. The zero-order valence-corrected chi connectivity index (χ0v) is 19.4. The molecule has 4 aromatic rings. The summed E-state index contributed by atoms with van der Waals surface area (Å²) in [6.07, 6.45) is 0. The first-order valence-corrected chi connectivity index (χ1v) is 12.1. The molecule has 1 aliphatic rings. The first kappa shape index (κ1) is 22.4. The summed E-state index contributed by atoms with van der Waals surface area (Å²) < 4.78 is 37.1. The van der Waals surface area contributed by atoms with Crippen molar-refractivity contribution in [3.63, 3.8) is 0 Å². The molecule has 34 heavy (non-hydrogen) atoms. The van der Waals surface area contributed by atoms with Gasteiger partial charge < -0.3 is 19.7 Å². The number of hydrogen-bond donors (Lipinski definition) is 1. The van der Waals surface area contributed by atoms with Gasteiger partial charge in [-0.1, -0.05) is 41.3 Å². The number of amides is 1. The number of rotatable bonds is 8. The monoisotopic (exact) mass is 499 g/mol. The highest BCUT2D eigenvalue weighted by atomic mass is 32.2. The molecule has 0 radical (unpaired) electrons. The Balaban J connectivity index is 1.35. The second-order valence-electron chi connectivity index (χ2n) is 7.39. The Bertz CT molecular complexity index is 1280. The zero-order chi connectivity index (χ0) is 23.5. The van der Waals surface area contributed by atoms with Crippen LogP contribution in [0.25, 0.3) is 10.2 Å². The highest BCUT2D eigenvalue weighted by Gasteiger charge is 2.19. The molecule has 0 fully saturated rings. The maximum absolute atomic E-state index is 12.9. The standard InChI is InChI=1S/C24H19F2N3O3S2/c25-23(26)33-17-8-6-16(7-9-17)29(24-28-18-3-1-2-4-21(18)34-24)13-22(30)27-12-15-5-10-19-20(11-15)32-14-31-19/h1-11,23H,12-14H2,(H,27,30). The van der Waals surface area contributed by atoms with Crippen LogP contribution in [-0.4, -0.2) is 30.0 Å². The molecule has 2 heterocycles. The van der Waals surface area contributed by atoms with Gasteiger partial charge >= 0.3 is 0 Å². The Morgan fingerprint density at radius 3 is 2.68 bits per heavy atom. The van der Waals surface area contributed by atoms with E-state index in [0.29, 0.717) is 45.5 Å². The first-order valence-electron chi connectivity index (χ1n) is 10.4. The van der Waals surface area contributed by atoms with Gasteiger partial charge in [-0.05, 0) is 54.1 Å². The van der Waals surface area contributed by atoms with E-state index in [2.05, 4.69) is 10.3 Å².